The Kier molecular flexibility index (Phi) is 3.55. The van der Waals surface area contributed by atoms with Gasteiger partial charge in [0.25, 0.3) is 5.24 Å². The van der Waals surface area contributed by atoms with E-state index in [-0.39, 0.29) is 0 Å². The van der Waals surface area contributed by atoms with Crippen LogP contribution >= 0.6 is 11.6 Å². The highest BCUT2D eigenvalue weighted by Gasteiger charge is 2.23. The molecule has 0 spiro atoms. The van der Waals surface area contributed by atoms with Crippen LogP contribution in [0.5, 0.6) is 0 Å². The van der Waals surface area contributed by atoms with Crippen molar-refractivity contribution in [2.45, 2.75) is 10.2 Å². The third-order valence-corrected chi connectivity index (χ3v) is 3.70. The number of hydrogen-bond acceptors (Lipinski definition) is 7. The highest BCUT2D eigenvalue weighted by molar-refractivity contribution is 7.91. The Hall–Kier alpha value is -1.06. The number of carbonyl (C=O) groups excluding carboxylic acids is 1. The van der Waals surface area contributed by atoms with Gasteiger partial charge in [0.1, 0.15) is 0 Å². The van der Waals surface area contributed by atoms with Crippen LogP contribution in [-0.2, 0) is 19.7 Å². The van der Waals surface area contributed by atoms with Gasteiger partial charge < -0.3 is 0 Å². The first-order valence-electron chi connectivity index (χ1n) is 4.00. The molecular weight excluding hydrogens is 292 g/mol. The van der Waals surface area contributed by atoms with Gasteiger partial charge in [-0.1, -0.05) is 0 Å². The van der Waals surface area contributed by atoms with E-state index in [1.54, 1.807) is 0 Å². The normalized spacial score (nSPS) is 12.4. The summed E-state index contributed by atoms with van der Waals surface area (Å²) in [6, 6.07) is 0. The lowest BCUT2D eigenvalue weighted by Gasteiger charge is -2.04. The molecule has 0 radical (unpaired) electrons. The predicted molar refractivity (Wildman–Crippen MR) is 58.4 cm³/mol. The molecule has 0 aromatic carbocycles. The van der Waals surface area contributed by atoms with Gasteiger partial charge in [-0.05, 0) is 11.6 Å². The van der Waals surface area contributed by atoms with Gasteiger partial charge in [0.15, 0.2) is 14.9 Å². The van der Waals surface area contributed by atoms with Gasteiger partial charge in [0.2, 0.25) is 15.0 Å². The van der Waals surface area contributed by atoms with Crippen LogP contribution < -0.4 is 0 Å². The maximum Gasteiger partial charge on any atom is 0.256 e. The zero-order chi connectivity index (χ0) is 13.4. The summed E-state index contributed by atoms with van der Waals surface area (Å²) in [6.45, 7) is 0. The number of nitrogens with zero attached hydrogens (tertiary/aromatic N) is 2. The summed E-state index contributed by atoms with van der Waals surface area (Å²) in [6.07, 6.45) is 2.37. The number of hydrogen-bond donors (Lipinski definition) is 0. The van der Waals surface area contributed by atoms with Crippen LogP contribution in [0.25, 0.3) is 0 Å². The van der Waals surface area contributed by atoms with E-state index in [1.807, 2.05) is 0 Å². The fraction of sp³-hybridized carbons (Fsp3) is 0.286. The first kappa shape index (κ1) is 14.0. The molecule has 0 N–H and O–H groups in total. The molecule has 10 heteroatoms. The van der Waals surface area contributed by atoms with Crippen LogP contribution in [0.15, 0.2) is 16.4 Å². The summed E-state index contributed by atoms with van der Waals surface area (Å²) in [5.41, 5.74) is -0.457. The SMILES string of the molecule is CS(=O)(=O)c1ncc(C(=O)Cl)c(S(C)(=O)=O)n1. The molecule has 0 aliphatic carbocycles. The van der Waals surface area contributed by atoms with Crippen molar-refractivity contribution in [3.8, 4) is 0 Å². The van der Waals surface area contributed by atoms with Crippen LogP contribution in [0, 0.1) is 0 Å². The smallest absolute Gasteiger partial charge is 0.256 e. The topological polar surface area (TPSA) is 111 Å². The molecule has 1 aromatic rings. The van der Waals surface area contributed by atoms with Gasteiger partial charge in [-0.3, -0.25) is 4.79 Å². The molecule has 0 atom stereocenters. The molecule has 17 heavy (non-hydrogen) atoms. The van der Waals surface area contributed by atoms with Crippen molar-refractivity contribution >= 4 is 36.5 Å². The maximum absolute atomic E-state index is 11.3. The lowest BCUT2D eigenvalue weighted by atomic mass is 10.4. The zero-order valence-electron chi connectivity index (χ0n) is 8.71. The quantitative estimate of drug-likeness (QED) is 0.426. The molecule has 0 fully saturated rings. The summed E-state index contributed by atoms with van der Waals surface area (Å²) in [7, 11) is -7.65. The molecule has 1 heterocycles. The van der Waals surface area contributed by atoms with E-state index in [1.165, 1.54) is 0 Å². The minimum absolute atomic E-state index is 0.457. The van der Waals surface area contributed by atoms with Crippen molar-refractivity contribution in [2.75, 3.05) is 12.5 Å². The molecule has 0 saturated heterocycles. The summed E-state index contributed by atoms with van der Waals surface area (Å²) in [5.74, 6) is 0. The molecule has 7 nitrogen and oxygen atoms in total. The summed E-state index contributed by atoms with van der Waals surface area (Å²) < 4.78 is 45.0. The van der Waals surface area contributed by atoms with Crippen LogP contribution in [0.1, 0.15) is 10.4 Å². The minimum atomic E-state index is -3.88. The van der Waals surface area contributed by atoms with Crippen molar-refractivity contribution < 1.29 is 21.6 Å². The highest BCUT2D eigenvalue weighted by atomic mass is 35.5. The van der Waals surface area contributed by atoms with Crippen LogP contribution in [0.2, 0.25) is 0 Å². The van der Waals surface area contributed by atoms with E-state index in [4.69, 9.17) is 11.6 Å². The minimum Gasteiger partial charge on any atom is -0.275 e. The van der Waals surface area contributed by atoms with E-state index in [9.17, 15) is 21.6 Å². The molecule has 0 aliphatic heterocycles. The Bertz CT molecular complexity index is 680. The average Bonchev–Trinajstić information content (AvgIpc) is 2.14. The van der Waals surface area contributed by atoms with Gasteiger partial charge >= 0.3 is 0 Å². The Morgan fingerprint density at radius 3 is 2.06 bits per heavy atom. The van der Waals surface area contributed by atoms with Crippen molar-refractivity contribution in [1.29, 1.82) is 0 Å². The Morgan fingerprint density at radius 1 is 1.18 bits per heavy atom. The largest absolute Gasteiger partial charge is 0.275 e. The Balaban J connectivity index is 3.69. The Labute approximate surface area is 103 Å². The van der Waals surface area contributed by atoms with Crippen LogP contribution in [0.4, 0.5) is 0 Å². The fourth-order valence-electron chi connectivity index (χ4n) is 0.947. The second kappa shape index (κ2) is 4.31. The number of sulfone groups is 2. The van der Waals surface area contributed by atoms with Gasteiger partial charge in [0.05, 0.1) is 5.56 Å². The second-order valence-corrected chi connectivity index (χ2v) is 7.37. The second-order valence-electron chi connectivity index (χ2n) is 3.19. The van der Waals surface area contributed by atoms with Crippen LogP contribution in [-0.4, -0.2) is 44.6 Å². The van der Waals surface area contributed by atoms with Gasteiger partial charge in [0, 0.05) is 18.7 Å². The number of rotatable bonds is 3. The first-order valence-corrected chi connectivity index (χ1v) is 8.16. The highest BCUT2D eigenvalue weighted by Crippen LogP contribution is 2.16. The van der Waals surface area contributed by atoms with Crippen molar-refractivity contribution in [3.05, 3.63) is 11.8 Å². The van der Waals surface area contributed by atoms with E-state index in [2.05, 4.69) is 9.97 Å². The first-order chi connectivity index (χ1) is 7.53. The molecule has 0 saturated carbocycles. The lowest BCUT2D eigenvalue weighted by Crippen LogP contribution is -2.13. The van der Waals surface area contributed by atoms with E-state index in [0.717, 1.165) is 18.7 Å². The molecule has 0 bridgehead atoms. The van der Waals surface area contributed by atoms with Gasteiger partial charge in [-0.25, -0.2) is 26.8 Å². The summed E-state index contributed by atoms with van der Waals surface area (Å²) in [4.78, 5) is 17.7. The summed E-state index contributed by atoms with van der Waals surface area (Å²) in [5, 5.41) is -2.46. The van der Waals surface area contributed by atoms with E-state index < -0.39 is 40.7 Å². The Morgan fingerprint density at radius 2 is 1.71 bits per heavy atom. The van der Waals surface area contributed by atoms with E-state index in [0.29, 0.717) is 0 Å². The standard InChI is InChI=1S/C7H7ClN2O5S2/c1-16(12,13)6-4(5(8)11)3-9-7(10-6)17(2,14)15/h3H,1-2H3. The number of halogens is 1. The van der Waals surface area contributed by atoms with Gasteiger partial charge in [-0.2, -0.15) is 0 Å². The third kappa shape index (κ3) is 3.20. The fourth-order valence-corrected chi connectivity index (χ4v) is 2.50. The molecule has 0 aliphatic rings. The van der Waals surface area contributed by atoms with Crippen molar-refractivity contribution in [3.63, 3.8) is 0 Å². The predicted octanol–water partition coefficient (Wildman–Crippen LogP) is -0.337. The van der Waals surface area contributed by atoms with Gasteiger partial charge in [-0.15, -0.1) is 0 Å². The molecule has 0 unspecified atom stereocenters. The maximum atomic E-state index is 11.3. The molecule has 1 aromatic heterocycles. The molecular formula is C7H7ClN2O5S2. The zero-order valence-corrected chi connectivity index (χ0v) is 11.1. The van der Waals surface area contributed by atoms with Crippen molar-refractivity contribution in [2.24, 2.45) is 0 Å². The summed E-state index contributed by atoms with van der Waals surface area (Å²) >= 11 is 5.15. The molecule has 0 amide bonds. The van der Waals surface area contributed by atoms with E-state index >= 15 is 0 Å². The molecule has 94 valence electrons. The monoisotopic (exact) mass is 298 g/mol. The van der Waals surface area contributed by atoms with Crippen molar-refractivity contribution in [1.82, 2.24) is 9.97 Å². The molecule has 1 rings (SSSR count). The average molecular weight is 299 g/mol. The number of carbonyl (C=O) groups is 1. The lowest BCUT2D eigenvalue weighted by molar-refractivity contribution is 0.107. The number of aromatic nitrogens is 2. The van der Waals surface area contributed by atoms with Crippen LogP contribution in [0.3, 0.4) is 0 Å². The third-order valence-electron chi connectivity index (χ3n) is 1.63.